The van der Waals surface area contributed by atoms with E-state index in [4.69, 9.17) is 0 Å². The monoisotopic (exact) mass is 383 g/mol. The number of imidazole rings is 1. The van der Waals surface area contributed by atoms with Crippen LogP contribution >= 0.6 is 0 Å². The maximum Gasteiger partial charge on any atom is 0.416 e. The van der Waals surface area contributed by atoms with Crippen molar-refractivity contribution in [3.8, 4) is 11.4 Å². The van der Waals surface area contributed by atoms with Crippen molar-refractivity contribution in [2.75, 3.05) is 5.32 Å². The van der Waals surface area contributed by atoms with E-state index in [0.29, 0.717) is 34.8 Å². The maximum absolute atomic E-state index is 12.7. The topological polar surface area (TPSA) is 72.2 Å². The summed E-state index contributed by atoms with van der Waals surface area (Å²) in [5.74, 6) is 0.319. The number of benzene rings is 1. The SMILES string of the molecule is O=Cc1nc2ccccn2c1-c1cncc(Nc2ccc(C(F)(F)F)cc2)n1. The van der Waals surface area contributed by atoms with Gasteiger partial charge in [-0.25, -0.2) is 9.97 Å². The number of fused-ring (bicyclic) bond motifs is 1. The van der Waals surface area contributed by atoms with Gasteiger partial charge in [0.1, 0.15) is 28.5 Å². The van der Waals surface area contributed by atoms with E-state index >= 15 is 0 Å². The minimum Gasteiger partial charge on any atom is -0.339 e. The first-order chi connectivity index (χ1) is 13.5. The van der Waals surface area contributed by atoms with Gasteiger partial charge in [-0.1, -0.05) is 6.07 Å². The van der Waals surface area contributed by atoms with Crippen molar-refractivity contribution in [3.63, 3.8) is 0 Å². The molecule has 28 heavy (non-hydrogen) atoms. The first kappa shape index (κ1) is 17.7. The van der Waals surface area contributed by atoms with Crippen molar-refractivity contribution in [3.05, 3.63) is 72.3 Å². The van der Waals surface area contributed by atoms with Crippen LogP contribution in [0, 0.1) is 0 Å². The minimum atomic E-state index is -4.40. The third-order valence-corrected chi connectivity index (χ3v) is 4.03. The van der Waals surface area contributed by atoms with Crippen molar-refractivity contribution in [2.24, 2.45) is 0 Å². The lowest BCUT2D eigenvalue weighted by atomic mass is 10.2. The summed E-state index contributed by atoms with van der Waals surface area (Å²) in [5.41, 5.74) is 1.37. The third kappa shape index (κ3) is 3.29. The summed E-state index contributed by atoms with van der Waals surface area (Å²) in [4.78, 5) is 24.2. The molecular formula is C19H12F3N5O. The molecule has 0 fully saturated rings. The Labute approximate surface area is 156 Å². The fraction of sp³-hybridized carbons (Fsp3) is 0.0526. The van der Waals surface area contributed by atoms with E-state index in [1.807, 2.05) is 0 Å². The van der Waals surface area contributed by atoms with Gasteiger partial charge < -0.3 is 5.32 Å². The highest BCUT2D eigenvalue weighted by Crippen LogP contribution is 2.30. The van der Waals surface area contributed by atoms with E-state index in [-0.39, 0.29) is 5.69 Å². The lowest BCUT2D eigenvalue weighted by molar-refractivity contribution is -0.137. The standard InChI is InChI=1S/C19H12F3N5O/c20-19(21,22)12-4-6-13(7-5-12)24-16-10-23-9-14(25-16)18-15(11-28)26-17-3-1-2-8-27(17)18/h1-11H,(H,24,25). The molecule has 0 aliphatic rings. The molecule has 140 valence electrons. The predicted molar refractivity (Wildman–Crippen MR) is 96.3 cm³/mol. The lowest BCUT2D eigenvalue weighted by Crippen LogP contribution is -2.04. The molecule has 0 bridgehead atoms. The number of pyridine rings is 1. The van der Waals surface area contributed by atoms with Crippen LogP contribution in [0.25, 0.3) is 17.0 Å². The van der Waals surface area contributed by atoms with Crippen LogP contribution in [0.3, 0.4) is 0 Å². The summed E-state index contributed by atoms with van der Waals surface area (Å²) in [7, 11) is 0. The second-order valence-corrected chi connectivity index (χ2v) is 5.88. The van der Waals surface area contributed by atoms with Crippen LogP contribution in [0.1, 0.15) is 16.1 Å². The van der Waals surface area contributed by atoms with Crippen LogP contribution in [0.2, 0.25) is 0 Å². The highest BCUT2D eigenvalue weighted by atomic mass is 19.4. The molecule has 0 amide bonds. The molecule has 3 heterocycles. The number of carbonyl (C=O) groups excluding carboxylic acids is 1. The molecule has 0 saturated carbocycles. The van der Waals surface area contributed by atoms with Crippen LogP contribution in [0.4, 0.5) is 24.7 Å². The third-order valence-electron chi connectivity index (χ3n) is 4.03. The molecular weight excluding hydrogens is 371 g/mol. The van der Waals surface area contributed by atoms with Crippen LogP contribution < -0.4 is 5.32 Å². The quantitative estimate of drug-likeness (QED) is 0.530. The van der Waals surface area contributed by atoms with Gasteiger partial charge in [0, 0.05) is 11.9 Å². The highest BCUT2D eigenvalue weighted by molar-refractivity contribution is 5.85. The molecule has 1 N–H and O–H groups in total. The van der Waals surface area contributed by atoms with E-state index in [1.54, 1.807) is 28.8 Å². The molecule has 9 heteroatoms. The molecule has 0 unspecified atom stereocenters. The van der Waals surface area contributed by atoms with Gasteiger partial charge in [-0.05, 0) is 36.4 Å². The normalized spacial score (nSPS) is 11.5. The van der Waals surface area contributed by atoms with Crippen molar-refractivity contribution in [1.29, 1.82) is 0 Å². The van der Waals surface area contributed by atoms with Crippen LogP contribution in [-0.4, -0.2) is 25.6 Å². The van der Waals surface area contributed by atoms with Crippen LogP contribution in [0.15, 0.2) is 61.1 Å². The zero-order chi connectivity index (χ0) is 19.7. The van der Waals surface area contributed by atoms with Gasteiger partial charge in [-0.2, -0.15) is 13.2 Å². The Hall–Kier alpha value is -3.75. The molecule has 0 spiro atoms. The molecule has 0 radical (unpaired) electrons. The number of nitrogens with zero attached hydrogens (tertiary/aromatic N) is 4. The second-order valence-electron chi connectivity index (χ2n) is 5.88. The van der Waals surface area contributed by atoms with Gasteiger partial charge in [0.15, 0.2) is 6.29 Å². The van der Waals surface area contributed by atoms with Gasteiger partial charge in [-0.3, -0.25) is 14.2 Å². The summed E-state index contributed by atoms with van der Waals surface area (Å²) in [5, 5.41) is 2.91. The summed E-state index contributed by atoms with van der Waals surface area (Å²) < 4.78 is 39.7. The Kier molecular flexibility index (Phi) is 4.26. The van der Waals surface area contributed by atoms with Crippen molar-refractivity contribution >= 4 is 23.4 Å². The minimum absolute atomic E-state index is 0.215. The summed E-state index contributed by atoms with van der Waals surface area (Å²) >= 11 is 0. The predicted octanol–water partition coefficient (Wildman–Crippen LogP) is 4.37. The molecule has 0 atom stereocenters. The number of alkyl halides is 3. The number of rotatable bonds is 4. The molecule has 4 rings (SSSR count). The Morgan fingerprint density at radius 2 is 1.79 bits per heavy atom. The first-order valence-electron chi connectivity index (χ1n) is 8.14. The number of anilines is 2. The maximum atomic E-state index is 12.7. The van der Waals surface area contributed by atoms with Crippen molar-refractivity contribution in [2.45, 2.75) is 6.18 Å². The zero-order valence-electron chi connectivity index (χ0n) is 14.2. The Bertz CT molecular complexity index is 1150. The van der Waals surface area contributed by atoms with Crippen LogP contribution in [0.5, 0.6) is 0 Å². The summed E-state index contributed by atoms with van der Waals surface area (Å²) in [6.07, 6.45) is 0.918. The largest absolute Gasteiger partial charge is 0.416 e. The fourth-order valence-electron chi connectivity index (χ4n) is 2.78. The average molecular weight is 383 g/mol. The number of nitrogens with one attached hydrogen (secondary N) is 1. The number of carbonyl (C=O) groups is 1. The molecule has 3 aromatic heterocycles. The molecule has 4 aromatic rings. The van der Waals surface area contributed by atoms with Crippen molar-refractivity contribution < 1.29 is 18.0 Å². The molecule has 0 aliphatic heterocycles. The summed E-state index contributed by atoms with van der Waals surface area (Å²) in [6, 6.07) is 9.93. The van der Waals surface area contributed by atoms with E-state index in [9.17, 15) is 18.0 Å². The molecule has 0 saturated heterocycles. The Morgan fingerprint density at radius 1 is 1.00 bits per heavy atom. The highest BCUT2D eigenvalue weighted by Gasteiger charge is 2.29. The van der Waals surface area contributed by atoms with Gasteiger partial charge in [-0.15, -0.1) is 0 Å². The van der Waals surface area contributed by atoms with E-state index in [0.717, 1.165) is 12.1 Å². The van der Waals surface area contributed by atoms with Crippen molar-refractivity contribution in [1.82, 2.24) is 19.4 Å². The first-order valence-corrected chi connectivity index (χ1v) is 8.14. The number of halogens is 3. The van der Waals surface area contributed by atoms with Crippen LogP contribution in [-0.2, 0) is 6.18 Å². The van der Waals surface area contributed by atoms with Gasteiger partial charge in [0.2, 0.25) is 0 Å². The lowest BCUT2D eigenvalue weighted by Gasteiger charge is -2.10. The molecule has 1 aromatic carbocycles. The van der Waals surface area contributed by atoms with E-state index in [1.165, 1.54) is 24.5 Å². The second kappa shape index (κ2) is 6.76. The van der Waals surface area contributed by atoms with Gasteiger partial charge >= 0.3 is 6.18 Å². The molecule has 0 aliphatic carbocycles. The Balaban J connectivity index is 1.69. The Morgan fingerprint density at radius 3 is 2.50 bits per heavy atom. The average Bonchev–Trinajstić information content (AvgIpc) is 3.06. The van der Waals surface area contributed by atoms with E-state index in [2.05, 4.69) is 20.3 Å². The summed E-state index contributed by atoms with van der Waals surface area (Å²) in [6.45, 7) is 0. The number of hydrogen-bond donors (Lipinski definition) is 1. The smallest absolute Gasteiger partial charge is 0.339 e. The number of aldehydes is 1. The zero-order valence-corrected chi connectivity index (χ0v) is 14.2. The number of hydrogen-bond acceptors (Lipinski definition) is 5. The molecule has 6 nitrogen and oxygen atoms in total. The van der Waals surface area contributed by atoms with Gasteiger partial charge in [0.05, 0.1) is 18.0 Å². The van der Waals surface area contributed by atoms with E-state index < -0.39 is 11.7 Å². The van der Waals surface area contributed by atoms with Gasteiger partial charge in [0.25, 0.3) is 0 Å². The number of aromatic nitrogens is 4. The fourth-order valence-corrected chi connectivity index (χ4v) is 2.78.